The van der Waals surface area contributed by atoms with Crippen LogP contribution in [-0.4, -0.2) is 37.2 Å². The first-order valence-electron chi connectivity index (χ1n) is 25.1. The first-order valence-corrected chi connectivity index (χ1v) is 25.1. The van der Waals surface area contributed by atoms with Crippen LogP contribution < -0.4 is 0 Å². The lowest BCUT2D eigenvalue weighted by molar-refractivity contribution is -0.167. The summed E-state index contributed by atoms with van der Waals surface area (Å²) in [6.45, 7) is 6.47. The molecule has 0 aromatic heterocycles. The normalized spacial score (nSPS) is 12.4. The van der Waals surface area contributed by atoms with Gasteiger partial charge < -0.3 is 14.2 Å². The Morgan fingerprint density at radius 2 is 0.661 bits per heavy atom. The minimum atomic E-state index is -0.788. The Labute approximate surface area is 365 Å². The summed E-state index contributed by atoms with van der Waals surface area (Å²) in [7, 11) is 0. The second-order valence-electron chi connectivity index (χ2n) is 16.7. The highest BCUT2D eigenvalue weighted by Crippen LogP contribution is 2.16. The van der Waals surface area contributed by atoms with E-state index >= 15 is 0 Å². The van der Waals surface area contributed by atoms with Gasteiger partial charge in [0, 0.05) is 19.3 Å². The third kappa shape index (κ3) is 46.3. The lowest BCUT2D eigenvalue weighted by atomic mass is 10.0. The molecule has 0 rings (SSSR count). The predicted octanol–water partition coefficient (Wildman–Crippen LogP) is 16.3. The smallest absolute Gasteiger partial charge is 0.306 e. The van der Waals surface area contributed by atoms with Crippen molar-refractivity contribution in [1.82, 2.24) is 0 Å². The summed E-state index contributed by atoms with van der Waals surface area (Å²) >= 11 is 0. The van der Waals surface area contributed by atoms with Crippen LogP contribution in [-0.2, 0) is 28.6 Å². The predicted molar refractivity (Wildman–Crippen MR) is 252 cm³/mol. The summed E-state index contributed by atoms with van der Waals surface area (Å²) in [4.78, 5) is 37.8. The summed E-state index contributed by atoms with van der Waals surface area (Å²) in [6.07, 6.45) is 56.8. The van der Waals surface area contributed by atoms with Crippen molar-refractivity contribution in [2.45, 2.75) is 258 Å². The quantitative estimate of drug-likeness (QED) is 0.0263. The van der Waals surface area contributed by atoms with E-state index in [9.17, 15) is 14.4 Å². The highest BCUT2D eigenvalue weighted by molar-refractivity contribution is 5.71. The Morgan fingerprint density at radius 1 is 0.356 bits per heavy atom. The van der Waals surface area contributed by atoms with E-state index in [1.165, 1.54) is 128 Å². The van der Waals surface area contributed by atoms with E-state index in [4.69, 9.17) is 14.2 Å². The van der Waals surface area contributed by atoms with Crippen molar-refractivity contribution < 1.29 is 28.6 Å². The summed E-state index contributed by atoms with van der Waals surface area (Å²) in [5.41, 5.74) is 0. The van der Waals surface area contributed by atoms with Crippen LogP contribution in [0.2, 0.25) is 0 Å². The first kappa shape index (κ1) is 56.4. The topological polar surface area (TPSA) is 78.9 Å². The zero-order valence-electron chi connectivity index (χ0n) is 39.0. The molecule has 0 fully saturated rings. The van der Waals surface area contributed by atoms with Gasteiger partial charge in [-0.3, -0.25) is 14.4 Å². The fraction of sp³-hybridized carbons (Fsp3) is 0.792. The minimum Gasteiger partial charge on any atom is -0.462 e. The third-order valence-electron chi connectivity index (χ3n) is 10.8. The molecule has 6 heteroatoms. The van der Waals surface area contributed by atoms with Gasteiger partial charge >= 0.3 is 17.9 Å². The number of ether oxygens (including phenoxy) is 3. The van der Waals surface area contributed by atoms with Gasteiger partial charge in [-0.2, -0.15) is 0 Å². The molecular formula is C53H94O6. The maximum absolute atomic E-state index is 12.7. The highest BCUT2D eigenvalue weighted by Gasteiger charge is 2.19. The zero-order chi connectivity index (χ0) is 43.0. The molecule has 59 heavy (non-hydrogen) atoms. The van der Waals surface area contributed by atoms with Crippen LogP contribution >= 0.6 is 0 Å². The molecule has 0 heterocycles. The van der Waals surface area contributed by atoms with Crippen molar-refractivity contribution in [2.75, 3.05) is 13.2 Å². The molecule has 0 aliphatic carbocycles. The van der Waals surface area contributed by atoms with Crippen molar-refractivity contribution in [3.8, 4) is 0 Å². The fourth-order valence-corrected chi connectivity index (χ4v) is 7.08. The molecule has 0 radical (unpaired) electrons. The number of hydrogen-bond donors (Lipinski definition) is 0. The van der Waals surface area contributed by atoms with E-state index in [1.807, 2.05) is 0 Å². The lowest BCUT2D eigenvalue weighted by Crippen LogP contribution is -2.30. The average molecular weight is 827 g/mol. The van der Waals surface area contributed by atoms with Gasteiger partial charge in [0.15, 0.2) is 6.10 Å². The molecule has 0 aromatic rings. The summed E-state index contributed by atoms with van der Waals surface area (Å²) in [5.74, 6) is -0.926. The fourth-order valence-electron chi connectivity index (χ4n) is 7.08. The number of esters is 3. The van der Waals surface area contributed by atoms with Gasteiger partial charge in [0.2, 0.25) is 0 Å². The molecule has 1 atom stereocenters. The van der Waals surface area contributed by atoms with Gasteiger partial charge in [-0.05, 0) is 57.8 Å². The summed E-state index contributed by atoms with van der Waals surface area (Å²) in [5, 5.41) is 0. The van der Waals surface area contributed by atoms with Crippen molar-refractivity contribution >= 4 is 17.9 Å². The van der Waals surface area contributed by atoms with Crippen molar-refractivity contribution in [2.24, 2.45) is 0 Å². The number of unbranched alkanes of at least 4 members (excludes halogenated alkanes) is 26. The number of carbonyl (C=O) groups excluding carboxylic acids is 3. The van der Waals surface area contributed by atoms with Crippen molar-refractivity contribution in [3.05, 3.63) is 48.6 Å². The average Bonchev–Trinajstić information content (AvgIpc) is 3.23. The second kappa shape index (κ2) is 48.0. The number of hydrogen-bond acceptors (Lipinski definition) is 6. The molecule has 0 bridgehead atoms. The van der Waals surface area contributed by atoms with Gasteiger partial charge in [0.1, 0.15) is 13.2 Å². The Balaban J connectivity index is 4.32. The van der Waals surface area contributed by atoms with Crippen LogP contribution in [0.5, 0.6) is 0 Å². The third-order valence-corrected chi connectivity index (χ3v) is 10.8. The second-order valence-corrected chi connectivity index (χ2v) is 16.7. The Bertz CT molecular complexity index is 1040. The largest absolute Gasteiger partial charge is 0.462 e. The molecule has 0 amide bonds. The number of allylic oxidation sites excluding steroid dienone is 8. The minimum absolute atomic E-state index is 0.0867. The monoisotopic (exact) mass is 827 g/mol. The van der Waals surface area contributed by atoms with Crippen LogP contribution in [0, 0.1) is 0 Å². The Hall–Kier alpha value is -2.63. The molecule has 6 nitrogen and oxygen atoms in total. The van der Waals surface area contributed by atoms with E-state index in [2.05, 4.69) is 69.4 Å². The van der Waals surface area contributed by atoms with Crippen LogP contribution in [0.3, 0.4) is 0 Å². The number of rotatable bonds is 45. The maximum Gasteiger partial charge on any atom is 0.306 e. The van der Waals surface area contributed by atoms with Gasteiger partial charge in [-0.15, -0.1) is 0 Å². The standard InChI is InChI=1S/C53H94O6/c1-4-7-10-13-16-19-21-23-25-26-27-29-30-32-34-37-40-43-46-52(55)58-49-50(48-57-51(54)45-42-39-36-18-15-12-9-6-3)59-53(56)47-44-41-38-35-33-31-28-24-22-20-17-14-11-8-5-2/h8,11,17,20,24,28,33,35,50H,4-7,9-10,12-16,18-19,21-23,25-27,29-32,34,36-49H2,1-3H3/b11-8-,20-17-,28-24-,35-33-. The SMILES string of the molecule is CC/C=C\C/C=C\C/C=C\C/C=C\CCCCC(=O)OC(COC(=O)CCCCCCCCCC)COC(=O)CCCCCCCCCCCCCCCCCCCC. The maximum atomic E-state index is 12.7. The summed E-state index contributed by atoms with van der Waals surface area (Å²) < 4.78 is 16.7. The van der Waals surface area contributed by atoms with Crippen LogP contribution in [0.4, 0.5) is 0 Å². The van der Waals surface area contributed by atoms with Gasteiger partial charge in [-0.25, -0.2) is 0 Å². The molecule has 342 valence electrons. The van der Waals surface area contributed by atoms with Crippen LogP contribution in [0.25, 0.3) is 0 Å². The summed E-state index contributed by atoms with van der Waals surface area (Å²) in [6, 6.07) is 0. The Morgan fingerprint density at radius 3 is 1.03 bits per heavy atom. The molecule has 0 saturated carbocycles. The van der Waals surface area contributed by atoms with E-state index in [1.54, 1.807) is 0 Å². The highest BCUT2D eigenvalue weighted by atomic mass is 16.6. The lowest BCUT2D eigenvalue weighted by Gasteiger charge is -2.18. The van der Waals surface area contributed by atoms with E-state index in [-0.39, 0.29) is 37.5 Å². The van der Waals surface area contributed by atoms with Crippen LogP contribution in [0.1, 0.15) is 252 Å². The Kier molecular flexibility index (Phi) is 45.9. The molecule has 0 aliphatic heterocycles. The molecule has 0 aromatic carbocycles. The molecule has 0 spiro atoms. The molecule has 0 N–H and O–H groups in total. The van der Waals surface area contributed by atoms with Gasteiger partial charge in [0.05, 0.1) is 0 Å². The van der Waals surface area contributed by atoms with E-state index in [0.29, 0.717) is 19.3 Å². The molecule has 0 aliphatic rings. The van der Waals surface area contributed by atoms with E-state index in [0.717, 1.165) is 77.0 Å². The molecular weight excluding hydrogens is 733 g/mol. The van der Waals surface area contributed by atoms with Crippen LogP contribution in [0.15, 0.2) is 48.6 Å². The molecule has 0 saturated heterocycles. The van der Waals surface area contributed by atoms with Crippen molar-refractivity contribution in [1.29, 1.82) is 0 Å². The zero-order valence-corrected chi connectivity index (χ0v) is 39.0. The van der Waals surface area contributed by atoms with Gasteiger partial charge in [-0.1, -0.05) is 223 Å². The first-order chi connectivity index (χ1) is 29.0. The molecule has 1 unspecified atom stereocenters. The number of carbonyl (C=O) groups is 3. The van der Waals surface area contributed by atoms with Crippen molar-refractivity contribution in [3.63, 3.8) is 0 Å². The van der Waals surface area contributed by atoms with Gasteiger partial charge in [0.25, 0.3) is 0 Å². The van der Waals surface area contributed by atoms with E-state index < -0.39 is 6.10 Å².